The van der Waals surface area contributed by atoms with Crippen molar-refractivity contribution in [3.8, 4) is 0 Å². The molecule has 0 aliphatic rings. The molecule has 2 aromatic rings. The van der Waals surface area contributed by atoms with E-state index in [-0.39, 0.29) is 5.92 Å². The Morgan fingerprint density at radius 2 is 2.12 bits per heavy atom. The van der Waals surface area contributed by atoms with Crippen molar-refractivity contribution in [3.63, 3.8) is 0 Å². The highest BCUT2D eigenvalue weighted by atomic mass is 16.1. The molecule has 1 atom stereocenters. The van der Waals surface area contributed by atoms with Gasteiger partial charge in [-0.15, -0.1) is 0 Å². The first kappa shape index (κ1) is 10.8. The quantitative estimate of drug-likeness (QED) is 0.731. The second kappa shape index (κ2) is 4.88. The summed E-state index contributed by atoms with van der Waals surface area (Å²) in [5.74, 6) is 0.131. The van der Waals surface area contributed by atoms with E-state index < -0.39 is 0 Å². The number of hydrogen-bond donors (Lipinski definition) is 0. The largest absolute Gasteiger partial charge is 0.303 e. The molecule has 1 aromatic heterocycles. The van der Waals surface area contributed by atoms with E-state index in [1.807, 2.05) is 37.4 Å². The third-order valence-electron chi connectivity index (χ3n) is 2.84. The van der Waals surface area contributed by atoms with Gasteiger partial charge in [-0.25, -0.2) is 0 Å². The summed E-state index contributed by atoms with van der Waals surface area (Å²) in [6, 6.07) is 10.2. The minimum absolute atomic E-state index is 0.131. The minimum Gasteiger partial charge on any atom is -0.303 e. The standard InChI is InChI=1S/C14H15NO/c1-11(10-16)6-7-12-8-9-15-14-5-3-2-4-13(12)14/h2-5,8-11H,6-7H2,1H3. The molecular formula is C14H15NO. The number of para-hydroxylation sites is 1. The van der Waals surface area contributed by atoms with Crippen LogP contribution < -0.4 is 0 Å². The van der Waals surface area contributed by atoms with Gasteiger partial charge >= 0.3 is 0 Å². The Balaban J connectivity index is 2.27. The molecule has 1 heterocycles. The van der Waals surface area contributed by atoms with Crippen molar-refractivity contribution in [2.24, 2.45) is 5.92 Å². The average Bonchev–Trinajstić information content (AvgIpc) is 2.35. The fourth-order valence-corrected chi connectivity index (χ4v) is 1.82. The van der Waals surface area contributed by atoms with Crippen molar-refractivity contribution >= 4 is 17.2 Å². The van der Waals surface area contributed by atoms with Crippen LogP contribution in [0.1, 0.15) is 18.9 Å². The fourth-order valence-electron chi connectivity index (χ4n) is 1.82. The van der Waals surface area contributed by atoms with Gasteiger partial charge in [-0.05, 0) is 30.5 Å². The van der Waals surface area contributed by atoms with Crippen LogP contribution in [0.2, 0.25) is 0 Å². The second-order valence-electron chi connectivity index (χ2n) is 4.14. The van der Waals surface area contributed by atoms with Crippen molar-refractivity contribution < 1.29 is 4.79 Å². The molecule has 0 spiro atoms. The van der Waals surface area contributed by atoms with E-state index in [0.717, 1.165) is 24.6 Å². The van der Waals surface area contributed by atoms with Gasteiger partial charge < -0.3 is 4.79 Å². The molecule has 1 aromatic carbocycles. The third kappa shape index (κ3) is 2.27. The SMILES string of the molecule is CC(C=O)CCc1ccnc2ccccc12. The van der Waals surface area contributed by atoms with Gasteiger partial charge in [-0.1, -0.05) is 25.1 Å². The predicted octanol–water partition coefficient (Wildman–Crippen LogP) is 3.00. The molecule has 2 nitrogen and oxygen atoms in total. The van der Waals surface area contributed by atoms with Crippen LogP contribution in [-0.4, -0.2) is 11.3 Å². The van der Waals surface area contributed by atoms with E-state index in [2.05, 4.69) is 11.1 Å². The zero-order chi connectivity index (χ0) is 11.4. The highest BCUT2D eigenvalue weighted by molar-refractivity contribution is 5.81. The van der Waals surface area contributed by atoms with E-state index in [4.69, 9.17) is 0 Å². The van der Waals surface area contributed by atoms with E-state index >= 15 is 0 Å². The monoisotopic (exact) mass is 213 g/mol. The van der Waals surface area contributed by atoms with Crippen molar-refractivity contribution in [1.29, 1.82) is 0 Å². The number of hydrogen-bond acceptors (Lipinski definition) is 2. The maximum Gasteiger partial charge on any atom is 0.122 e. The second-order valence-corrected chi connectivity index (χ2v) is 4.14. The van der Waals surface area contributed by atoms with Gasteiger partial charge in [0.2, 0.25) is 0 Å². The van der Waals surface area contributed by atoms with Crippen LogP contribution in [0.4, 0.5) is 0 Å². The number of carbonyl (C=O) groups excluding carboxylic acids is 1. The molecule has 0 aliphatic heterocycles. The highest BCUT2D eigenvalue weighted by Gasteiger charge is 2.04. The maximum atomic E-state index is 10.6. The summed E-state index contributed by atoms with van der Waals surface area (Å²) < 4.78 is 0. The molecule has 82 valence electrons. The predicted molar refractivity (Wildman–Crippen MR) is 65.3 cm³/mol. The van der Waals surface area contributed by atoms with Gasteiger partial charge in [0.1, 0.15) is 6.29 Å². The number of aryl methyl sites for hydroxylation is 1. The molecule has 0 N–H and O–H groups in total. The lowest BCUT2D eigenvalue weighted by molar-refractivity contribution is -0.110. The number of rotatable bonds is 4. The first-order valence-electron chi connectivity index (χ1n) is 5.59. The van der Waals surface area contributed by atoms with Crippen LogP contribution in [0, 0.1) is 5.92 Å². The van der Waals surface area contributed by atoms with Gasteiger partial charge in [0.05, 0.1) is 5.52 Å². The van der Waals surface area contributed by atoms with Crippen LogP contribution in [0.15, 0.2) is 36.5 Å². The molecule has 0 bridgehead atoms. The average molecular weight is 213 g/mol. The maximum absolute atomic E-state index is 10.6. The topological polar surface area (TPSA) is 30.0 Å². The molecule has 0 radical (unpaired) electrons. The zero-order valence-electron chi connectivity index (χ0n) is 9.39. The summed E-state index contributed by atoms with van der Waals surface area (Å²) in [4.78, 5) is 14.9. The van der Waals surface area contributed by atoms with Gasteiger partial charge in [0.15, 0.2) is 0 Å². The summed E-state index contributed by atoms with van der Waals surface area (Å²) in [6.45, 7) is 1.95. The molecule has 0 saturated heterocycles. The molecule has 2 heteroatoms. The van der Waals surface area contributed by atoms with Gasteiger partial charge in [0.25, 0.3) is 0 Å². The lowest BCUT2D eigenvalue weighted by Gasteiger charge is -2.06. The van der Waals surface area contributed by atoms with Crippen molar-refractivity contribution in [1.82, 2.24) is 4.98 Å². The number of fused-ring (bicyclic) bond motifs is 1. The van der Waals surface area contributed by atoms with Crippen LogP contribution >= 0.6 is 0 Å². The van der Waals surface area contributed by atoms with E-state index in [1.54, 1.807) is 0 Å². The van der Waals surface area contributed by atoms with E-state index in [0.29, 0.717) is 0 Å². The molecular weight excluding hydrogens is 198 g/mol. The molecule has 0 amide bonds. The molecule has 2 rings (SSSR count). The van der Waals surface area contributed by atoms with Crippen molar-refractivity contribution in [2.75, 3.05) is 0 Å². The minimum atomic E-state index is 0.131. The lowest BCUT2D eigenvalue weighted by atomic mass is 10.00. The Morgan fingerprint density at radius 1 is 1.31 bits per heavy atom. The number of carbonyl (C=O) groups is 1. The fraction of sp³-hybridized carbons (Fsp3) is 0.286. The summed E-state index contributed by atoms with van der Waals surface area (Å²) in [5, 5.41) is 1.20. The van der Waals surface area contributed by atoms with Gasteiger partial charge in [-0.3, -0.25) is 4.98 Å². The number of pyridine rings is 1. The number of benzene rings is 1. The van der Waals surface area contributed by atoms with Crippen LogP contribution in [0.3, 0.4) is 0 Å². The molecule has 0 aliphatic carbocycles. The Kier molecular flexibility index (Phi) is 3.30. The lowest BCUT2D eigenvalue weighted by Crippen LogP contribution is -1.99. The van der Waals surface area contributed by atoms with Gasteiger partial charge in [0, 0.05) is 17.5 Å². The molecule has 0 fully saturated rings. The van der Waals surface area contributed by atoms with Crippen molar-refractivity contribution in [3.05, 3.63) is 42.1 Å². The van der Waals surface area contributed by atoms with Crippen LogP contribution in [0.5, 0.6) is 0 Å². The zero-order valence-corrected chi connectivity index (χ0v) is 9.39. The highest BCUT2D eigenvalue weighted by Crippen LogP contribution is 2.18. The Labute approximate surface area is 95.3 Å². The first-order chi connectivity index (χ1) is 7.81. The third-order valence-corrected chi connectivity index (χ3v) is 2.84. The first-order valence-corrected chi connectivity index (χ1v) is 5.59. The van der Waals surface area contributed by atoms with Crippen molar-refractivity contribution in [2.45, 2.75) is 19.8 Å². The Hall–Kier alpha value is -1.70. The van der Waals surface area contributed by atoms with E-state index in [1.165, 1.54) is 10.9 Å². The normalized spacial score (nSPS) is 12.6. The van der Waals surface area contributed by atoms with Gasteiger partial charge in [-0.2, -0.15) is 0 Å². The number of aldehydes is 1. The van der Waals surface area contributed by atoms with Crippen LogP contribution in [0.25, 0.3) is 10.9 Å². The summed E-state index contributed by atoms with van der Waals surface area (Å²) in [7, 11) is 0. The summed E-state index contributed by atoms with van der Waals surface area (Å²) >= 11 is 0. The number of aromatic nitrogens is 1. The smallest absolute Gasteiger partial charge is 0.122 e. The summed E-state index contributed by atoms with van der Waals surface area (Å²) in [6.07, 6.45) is 4.69. The van der Waals surface area contributed by atoms with E-state index in [9.17, 15) is 4.79 Å². The molecule has 16 heavy (non-hydrogen) atoms. The van der Waals surface area contributed by atoms with Crippen LogP contribution in [-0.2, 0) is 11.2 Å². The Morgan fingerprint density at radius 3 is 2.94 bits per heavy atom. The number of nitrogens with zero attached hydrogens (tertiary/aromatic N) is 1. The molecule has 0 saturated carbocycles. The molecule has 1 unspecified atom stereocenters. The Bertz CT molecular complexity index is 488. The summed E-state index contributed by atoms with van der Waals surface area (Å²) in [5.41, 5.74) is 2.30.